The molecule has 2 rings (SSSR count). The molecular weight excluding hydrogens is 336 g/mol. The molecule has 0 unspecified atom stereocenters. The Hall–Kier alpha value is -1.82. The average molecular weight is 355 g/mol. The maximum atomic E-state index is 5.63. The Morgan fingerprint density at radius 3 is 2.55 bits per heavy atom. The van der Waals surface area contributed by atoms with E-state index in [4.69, 9.17) is 4.74 Å². The Labute approximate surface area is 141 Å². The topological polar surface area (TPSA) is 9.23 Å². The van der Waals surface area contributed by atoms with Crippen molar-refractivity contribution in [2.45, 2.75) is 19.4 Å². The molecule has 0 aliphatic heterocycles. The summed E-state index contributed by atoms with van der Waals surface area (Å²) in [6.07, 6.45) is 6.02. The highest BCUT2D eigenvalue weighted by molar-refractivity contribution is 9.10. The molecule has 0 fully saturated rings. The van der Waals surface area contributed by atoms with Crippen molar-refractivity contribution in [3.63, 3.8) is 0 Å². The summed E-state index contributed by atoms with van der Waals surface area (Å²) >= 11 is 3.41. The van der Waals surface area contributed by atoms with Gasteiger partial charge in [-0.3, -0.25) is 0 Å². The van der Waals surface area contributed by atoms with E-state index in [0.717, 1.165) is 29.5 Å². The summed E-state index contributed by atoms with van der Waals surface area (Å²) in [4.78, 5) is 0. The number of benzene rings is 2. The van der Waals surface area contributed by atoms with E-state index < -0.39 is 0 Å². The van der Waals surface area contributed by atoms with Crippen LogP contribution in [0.4, 0.5) is 0 Å². The van der Waals surface area contributed by atoms with Crippen LogP contribution in [0.3, 0.4) is 0 Å². The van der Waals surface area contributed by atoms with Gasteiger partial charge in [-0.15, -0.1) is 0 Å². The zero-order valence-electron chi connectivity index (χ0n) is 12.5. The van der Waals surface area contributed by atoms with Crippen molar-refractivity contribution in [3.05, 3.63) is 82.3 Å². The lowest BCUT2D eigenvalue weighted by Gasteiger charge is -2.02. The summed E-state index contributed by atoms with van der Waals surface area (Å²) in [7, 11) is 0. The molecule has 2 aromatic carbocycles. The molecule has 2 heteroatoms. The fourth-order valence-corrected chi connectivity index (χ4v) is 2.13. The van der Waals surface area contributed by atoms with E-state index in [9.17, 15) is 0 Å². The van der Waals surface area contributed by atoms with E-state index in [1.54, 1.807) is 0 Å². The van der Waals surface area contributed by atoms with Crippen molar-refractivity contribution in [1.82, 2.24) is 0 Å². The number of hydrogen-bond donors (Lipinski definition) is 0. The summed E-state index contributed by atoms with van der Waals surface area (Å²) < 4.78 is 6.71. The van der Waals surface area contributed by atoms with Crippen LogP contribution in [0.1, 0.15) is 24.0 Å². The van der Waals surface area contributed by atoms with Crippen molar-refractivity contribution < 1.29 is 4.74 Å². The number of rotatable bonds is 6. The molecule has 0 bridgehead atoms. The molecule has 22 heavy (non-hydrogen) atoms. The average Bonchev–Trinajstić information content (AvgIpc) is 2.56. The van der Waals surface area contributed by atoms with E-state index in [2.05, 4.69) is 46.0 Å². The molecular formula is C20H19BrO. The Morgan fingerprint density at radius 2 is 1.77 bits per heavy atom. The van der Waals surface area contributed by atoms with Crippen LogP contribution in [0.15, 0.2) is 71.2 Å². The maximum Gasteiger partial charge on any atom is 0.0716 e. The van der Waals surface area contributed by atoms with Crippen molar-refractivity contribution in [3.8, 4) is 11.8 Å². The Morgan fingerprint density at radius 1 is 1.00 bits per heavy atom. The third kappa shape index (κ3) is 6.76. The molecule has 112 valence electrons. The van der Waals surface area contributed by atoms with Gasteiger partial charge < -0.3 is 4.74 Å². The van der Waals surface area contributed by atoms with Gasteiger partial charge >= 0.3 is 0 Å². The summed E-state index contributed by atoms with van der Waals surface area (Å²) in [5.74, 6) is 6.16. The third-order valence-corrected chi connectivity index (χ3v) is 3.56. The molecule has 0 aliphatic carbocycles. The molecule has 0 aliphatic rings. The number of ether oxygens (including phenoxy) is 1. The van der Waals surface area contributed by atoms with E-state index in [1.807, 2.05) is 48.5 Å². The minimum Gasteiger partial charge on any atom is -0.377 e. The van der Waals surface area contributed by atoms with Gasteiger partial charge in [-0.05, 0) is 48.7 Å². The van der Waals surface area contributed by atoms with Gasteiger partial charge in [0.25, 0.3) is 0 Å². The normalized spacial score (nSPS) is 10.4. The van der Waals surface area contributed by atoms with Gasteiger partial charge in [0.1, 0.15) is 0 Å². The quantitative estimate of drug-likeness (QED) is 0.501. The van der Waals surface area contributed by atoms with E-state index >= 15 is 0 Å². The van der Waals surface area contributed by atoms with Gasteiger partial charge in [-0.2, -0.15) is 0 Å². The molecule has 0 N–H and O–H groups in total. The van der Waals surface area contributed by atoms with Crippen LogP contribution in [0.2, 0.25) is 0 Å². The minimum absolute atomic E-state index is 0.688. The first kappa shape index (κ1) is 16.5. The van der Waals surface area contributed by atoms with Crippen LogP contribution >= 0.6 is 15.9 Å². The van der Waals surface area contributed by atoms with Gasteiger partial charge in [0.05, 0.1) is 6.61 Å². The van der Waals surface area contributed by atoms with Crippen molar-refractivity contribution in [1.29, 1.82) is 0 Å². The predicted octanol–water partition coefficient (Wildman–Crippen LogP) is 5.35. The van der Waals surface area contributed by atoms with E-state index in [0.29, 0.717) is 6.61 Å². The van der Waals surface area contributed by atoms with Crippen LogP contribution in [0, 0.1) is 11.8 Å². The van der Waals surface area contributed by atoms with Crippen LogP contribution in [-0.4, -0.2) is 6.61 Å². The molecule has 2 aromatic rings. The first-order valence-corrected chi connectivity index (χ1v) is 8.18. The predicted molar refractivity (Wildman–Crippen MR) is 95.5 cm³/mol. The number of halogens is 1. The molecule has 0 aromatic heterocycles. The van der Waals surface area contributed by atoms with Crippen molar-refractivity contribution in [2.24, 2.45) is 0 Å². The third-order valence-electron chi connectivity index (χ3n) is 3.03. The van der Waals surface area contributed by atoms with E-state index in [-0.39, 0.29) is 0 Å². The molecule has 1 nitrogen and oxygen atoms in total. The number of hydrogen-bond acceptors (Lipinski definition) is 1. The second-order valence-corrected chi connectivity index (χ2v) is 5.77. The van der Waals surface area contributed by atoms with E-state index in [1.165, 1.54) is 5.56 Å². The van der Waals surface area contributed by atoms with Crippen LogP contribution in [0.25, 0.3) is 0 Å². The first-order chi connectivity index (χ1) is 10.8. The highest BCUT2D eigenvalue weighted by Crippen LogP contribution is 2.09. The van der Waals surface area contributed by atoms with Gasteiger partial charge in [-0.25, -0.2) is 0 Å². The van der Waals surface area contributed by atoms with Gasteiger partial charge in [0, 0.05) is 16.6 Å². The zero-order chi connectivity index (χ0) is 15.5. The Kier molecular flexibility index (Phi) is 7.52. The molecule has 0 saturated carbocycles. The van der Waals surface area contributed by atoms with Gasteiger partial charge in [0.2, 0.25) is 0 Å². The second kappa shape index (κ2) is 10.00. The Bertz CT molecular complexity index is 633. The lowest BCUT2D eigenvalue weighted by Crippen LogP contribution is -1.94. The lowest BCUT2D eigenvalue weighted by molar-refractivity contribution is 0.119. The van der Waals surface area contributed by atoms with Crippen LogP contribution < -0.4 is 0 Å². The number of allylic oxidation sites excluding steroid dienone is 2. The highest BCUT2D eigenvalue weighted by Gasteiger charge is 1.91. The van der Waals surface area contributed by atoms with Gasteiger partial charge in [0.15, 0.2) is 0 Å². The van der Waals surface area contributed by atoms with Crippen LogP contribution in [0.5, 0.6) is 0 Å². The standard InChI is InChI=1S/C20H19BrO/c21-20-14-12-18(13-15-20)9-5-2-1-3-8-16-22-17-19-10-6-4-7-11-19/h1-2,4,6-7,10-15H,3,8,16-17H2/b2-1+. The molecule has 0 radical (unpaired) electrons. The molecule has 0 amide bonds. The monoisotopic (exact) mass is 354 g/mol. The molecule has 0 saturated heterocycles. The summed E-state index contributed by atoms with van der Waals surface area (Å²) in [5.41, 5.74) is 2.25. The van der Waals surface area contributed by atoms with Crippen molar-refractivity contribution >= 4 is 15.9 Å². The summed E-state index contributed by atoms with van der Waals surface area (Å²) in [6.45, 7) is 1.47. The lowest BCUT2D eigenvalue weighted by atomic mass is 10.2. The minimum atomic E-state index is 0.688. The highest BCUT2D eigenvalue weighted by atomic mass is 79.9. The smallest absolute Gasteiger partial charge is 0.0716 e. The maximum absolute atomic E-state index is 5.63. The largest absolute Gasteiger partial charge is 0.377 e. The zero-order valence-corrected chi connectivity index (χ0v) is 14.1. The second-order valence-electron chi connectivity index (χ2n) is 4.86. The van der Waals surface area contributed by atoms with Gasteiger partial charge in [-0.1, -0.05) is 64.2 Å². The summed E-state index contributed by atoms with van der Waals surface area (Å²) in [5, 5.41) is 0. The molecule has 0 atom stereocenters. The SMILES string of the molecule is Brc1ccc(C#C/C=C/CCCOCc2ccccc2)cc1. The van der Waals surface area contributed by atoms with Crippen LogP contribution in [-0.2, 0) is 11.3 Å². The molecule has 0 heterocycles. The first-order valence-electron chi connectivity index (χ1n) is 7.38. The fourth-order valence-electron chi connectivity index (χ4n) is 1.87. The van der Waals surface area contributed by atoms with Crippen molar-refractivity contribution in [2.75, 3.05) is 6.61 Å². The number of unbranched alkanes of at least 4 members (excludes halogenated alkanes) is 1. The molecule has 0 spiro atoms. The summed E-state index contributed by atoms with van der Waals surface area (Å²) in [6, 6.07) is 18.2. The Balaban J connectivity index is 1.58. The fraction of sp³-hybridized carbons (Fsp3) is 0.200.